The van der Waals surface area contributed by atoms with Crippen LogP contribution in [0.4, 0.5) is 5.69 Å². The molecular formula is C18H19N3O3. The zero-order valence-corrected chi connectivity index (χ0v) is 13.9. The lowest BCUT2D eigenvalue weighted by atomic mass is 10.0. The van der Waals surface area contributed by atoms with E-state index in [-0.39, 0.29) is 16.7 Å². The first kappa shape index (κ1) is 16.0. The zero-order chi connectivity index (χ0) is 17.3. The summed E-state index contributed by atoms with van der Waals surface area (Å²) in [5, 5.41) is 11.4. The molecule has 0 spiro atoms. The summed E-state index contributed by atoms with van der Waals surface area (Å²) >= 11 is 0. The first-order chi connectivity index (χ1) is 11.5. The summed E-state index contributed by atoms with van der Waals surface area (Å²) < 4.78 is 7.12. The summed E-state index contributed by atoms with van der Waals surface area (Å²) in [4.78, 5) is 15.3. The average molecular weight is 325 g/mol. The summed E-state index contributed by atoms with van der Waals surface area (Å²) in [5.74, 6) is 0.790. The third-order valence-electron chi connectivity index (χ3n) is 4.04. The number of fused-ring (bicyclic) bond motifs is 1. The molecule has 24 heavy (non-hydrogen) atoms. The van der Waals surface area contributed by atoms with Crippen LogP contribution in [0.5, 0.6) is 5.75 Å². The topological polar surface area (TPSA) is 70.2 Å². The fraction of sp³-hybridized carbons (Fsp3) is 0.278. The zero-order valence-electron chi connectivity index (χ0n) is 13.9. The van der Waals surface area contributed by atoms with Crippen LogP contribution in [0.3, 0.4) is 0 Å². The number of benzene rings is 2. The molecule has 0 N–H and O–H groups in total. The van der Waals surface area contributed by atoms with E-state index in [9.17, 15) is 10.1 Å². The summed E-state index contributed by atoms with van der Waals surface area (Å²) in [6.45, 7) is 4.06. The minimum Gasteiger partial charge on any atom is -0.497 e. The molecule has 0 aliphatic carbocycles. The molecule has 0 atom stereocenters. The van der Waals surface area contributed by atoms with Crippen LogP contribution in [0.15, 0.2) is 42.7 Å². The van der Waals surface area contributed by atoms with Gasteiger partial charge in [-0.2, -0.15) is 0 Å². The second kappa shape index (κ2) is 6.31. The Hall–Kier alpha value is -2.89. The quantitative estimate of drug-likeness (QED) is 0.522. The molecule has 1 heterocycles. The molecule has 0 radical (unpaired) electrons. The van der Waals surface area contributed by atoms with Crippen LogP contribution in [0.25, 0.3) is 11.0 Å². The Morgan fingerprint density at radius 3 is 2.50 bits per heavy atom. The number of rotatable bonds is 5. The molecule has 2 aromatic carbocycles. The lowest BCUT2D eigenvalue weighted by molar-refractivity contribution is -0.383. The van der Waals surface area contributed by atoms with Gasteiger partial charge in [0, 0.05) is 12.1 Å². The van der Waals surface area contributed by atoms with Gasteiger partial charge in [-0.05, 0) is 49.6 Å². The monoisotopic (exact) mass is 325 g/mol. The fourth-order valence-electron chi connectivity index (χ4n) is 2.80. The smallest absolute Gasteiger partial charge is 0.297 e. The highest BCUT2D eigenvalue weighted by molar-refractivity contribution is 5.86. The van der Waals surface area contributed by atoms with Crippen LogP contribution in [0.2, 0.25) is 0 Å². The third kappa shape index (κ3) is 2.95. The molecule has 0 amide bonds. The molecule has 0 saturated heterocycles. The molecule has 6 nitrogen and oxygen atoms in total. The Morgan fingerprint density at radius 1 is 1.21 bits per heavy atom. The van der Waals surface area contributed by atoms with Crippen LogP contribution in [0.1, 0.15) is 31.0 Å². The number of imidazole rings is 1. The van der Waals surface area contributed by atoms with E-state index in [0.717, 1.165) is 22.4 Å². The molecule has 0 fully saturated rings. The van der Waals surface area contributed by atoms with Crippen molar-refractivity contribution in [3.05, 3.63) is 64.0 Å². The first-order valence-electron chi connectivity index (χ1n) is 7.76. The van der Waals surface area contributed by atoms with Crippen molar-refractivity contribution in [1.82, 2.24) is 9.55 Å². The van der Waals surface area contributed by atoms with E-state index in [1.807, 2.05) is 48.7 Å². The molecule has 0 saturated carbocycles. The van der Waals surface area contributed by atoms with Gasteiger partial charge in [-0.3, -0.25) is 10.1 Å². The van der Waals surface area contributed by atoms with E-state index in [4.69, 9.17) is 4.74 Å². The van der Waals surface area contributed by atoms with Gasteiger partial charge >= 0.3 is 0 Å². The lowest BCUT2D eigenvalue weighted by Gasteiger charge is -2.09. The van der Waals surface area contributed by atoms with Crippen LogP contribution in [-0.2, 0) is 6.42 Å². The normalized spacial score (nSPS) is 11.2. The van der Waals surface area contributed by atoms with Crippen LogP contribution in [-0.4, -0.2) is 21.6 Å². The summed E-state index contributed by atoms with van der Waals surface area (Å²) in [5.41, 5.74) is 3.24. The van der Waals surface area contributed by atoms with E-state index in [1.165, 1.54) is 0 Å². The Bertz CT molecular complexity index is 882. The van der Waals surface area contributed by atoms with Gasteiger partial charge in [-0.1, -0.05) is 12.1 Å². The van der Waals surface area contributed by atoms with Crippen molar-refractivity contribution in [3.8, 4) is 5.75 Å². The number of non-ortho nitro benzene ring substituents is 1. The molecule has 0 aliphatic rings. The minimum atomic E-state index is -0.364. The Balaban J connectivity index is 2.06. The van der Waals surface area contributed by atoms with Crippen LogP contribution in [0, 0.1) is 10.1 Å². The lowest BCUT2D eigenvalue weighted by Crippen LogP contribution is -2.00. The maximum absolute atomic E-state index is 11.4. The fourth-order valence-corrected chi connectivity index (χ4v) is 2.80. The third-order valence-corrected chi connectivity index (χ3v) is 4.04. The molecule has 1 aromatic heterocycles. The number of nitrogens with zero attached hydrogens (tertiary/aromatic N) is 3. The second-order valence-corrected chi connectivity index (χ2v) is 6.01. The Kier molecular flexibility index (Phi) is 4.20. The summed E-state index contributed by atoms with van der Waals surface area (Å²) in [6.07, 6.45) is 2.28. The van der Waals surface area contributed by atoms with Gasteiger partial charge in [-0.25, -0.2) is 4.98 Å². The molecular weight excluding hydrogens is 306 g/mol. The number of hydrogen-bond acceptors (Lipinski definition) is 4. The first-order valence-corrected chi connectivity index (χ1v) is 7.76. The van der Waals surface area contributed by atoms with E-state index in [1.54, 1.807) is 19.5 Å². The standard InChI is InChI=1S/C18H19N3O3/c1-12(2)20-11-19-18-16(20)9-14(10-17(18)21(22)23)8-13-4-6-15(24-3)7-5-13/h4-7,9-12H,8H2,1-3H3. The predicted molar refractivity (Wildman–Crippen MR) is 92.6 cm³/mol. The van der Waals surface area contributed by atoms with E-state index in [2.05, 4.69) is 4.98 Å². The van der Waals surface area contributed by atoms with Crippen molar-refractivity contribution >= 4 is 16.7 Å². The van der Waals surface area contributed by atoms with Gasteiger partial charge in [0.1, 0.15) is 5.75 Å². The Labute approximate surface area is 139 Å². The van der Waals surface area contributed by atoms with Crippen molar-refractivity contribution in [2.75, 3.05) is 7.11 Å². The molecule has 0 unspecified atom stereocenters. The highest BCUT2D eigenvalue weighted by Gasteiger charge is 2.19. The minimum absolute atomic E-state index is 0.0513. The summed E-state index contributed by atoms with van der Waals surface area (Å²) in [6, 6.07) is 11.5. The molecule has 0 bridgehead atoms. The number of hydrogen-bond donors (Lipinski definition) is 0. The maximum Gasteiger partial charge on any atom is 0.297 e. The van der Waals surface area contributed by atoms with Gasteiger partial charge in [0.25, 0.3) is 5.69 Å². The number of ether oxygens (including phenoxy) is 1. The van der Waals surface area contributed by atoms with Crippen molar-refractivity contribution < 1.29 is 9.66 Å². The highest BCUT2D eigenvalue weighted by Crippen LogP contribution is 2.29. The molecule has 124 valence electrons. The predicted octanol–water partition coefficient (Wildman–Crippen LogP) is 4.12. The van der Waals surface area contributed by atoms with Gasteiger partial charge in [-0.15, -0.1) is 0 Å². The van der Waals surface area contributed by atoms with Gasteiger partial charge in [0.15, 0.2) is 5.52 Å². The van der Waals surface area contributed by atoms with Crippen molar-refractivity contribution in [3.63, 3.8) is 0 Å². The highest BCUT2D eigenvalue weighted by atomic mass is 16.6. The molecule has 3 rings (SSSR count). The van der Waals surface area contributed by atoms with Gasteiger partial charge in [0.05, 0.1) is 23.9 Å². The second-order valence-electron chi connectivity index (χ2n) is 6.01. The SMILES string of the molecule is COc1ccc(Cc2cc([N+](=O)[O-])c3ncn(C(C)C)c3c2)cc1. The van der Waals surface area contributed by atoms with E-state index >= 15 is 0 Å². The maximum atomic E-state index is 11.4. The van der Waals surface area contributed by atoms with Crippen molar-refractivity contribution in [1.29, 1.82) is 0 Å². The number of nitro benzene ring substituents is 1. The Morgan fingerprint density at radius 2 is 1.92 bits per heavy atom. The van der Waals surface area contributed by atoms with Crippen molar-refractivity contribution in [2.24, 2.45) is 0 Å². The van der Waals surface area contributed by atoms with Crippen molar-refractivity contribution in [2.45, 2.75) is 26.3 Å². The van der Waals surface area contributed by atoms with Gasteiger partial charge < -0.3 is 9.30 Å². The largest absolute Gasteiger partial charge is 0.497 e. The molecule has 0 aliphatic heterocycles. The van der Waals surface area contributed by atoms with E-state index in [0.29, 0.717) is 11.9 Å². The molecule has 6 heteroatoms. The summed E-state index contributed by atoms with van der Waals surface area (Å²) in [7, 11) is 1.62. The van der Waals surface area contributed by atoms with Gasteiger partial charge in [0.2, 0.25) is 0 Å². The molecule has 3 aromatic rings. The number of nitro groups is 1. The van der Waals surface area contributed by atoms with Crippen LogP contribution >= 0.6 is 0 Å². The average Bonchev–Trinajstić information content (AvgIpc) is 2.98. The van der Waals surface area contributed by atoms with Crippen LogP contribution < -0.4 is 4.74 Å². The number of methoxy groups -OCH3 is 1. The number of aromatic nitrogens is 2. The van der Waals surface area contributed by atoms with E-state index < -0.39 is 0 Å².